The van der Waals surface area contributed by atoms with Crippen molar-refractivity contribution in [2.75, 3.05) is 0 Å². The van der Waals surface area contributed by atoms with E-state index in [0.29, 0.717) is 0 Å². The Kier molecular flexibility index (Phi) is 3.75. The van der Waals surface area contributed by atoms with Crippen molar-refractivity contribution in [3.8, 4) is 0 Å². The number of thiophene rings is 1. The highest BCUT2D eigenvalue weighted by Gasteiger charge is 2.10. The zero-order chi connectivity index (χ0) is 11.4. The van der Waals surface area contributed by atoms with Crippen LogP contribution in [0.1, 0.15) is 36.1 Å². The maximum atomic E-state index is 10.2. The Balaban J connectivity index is 2.23. The second-order valence-corrected chi connectivity index (χ2v) is 4.73. The molecule has 1 aromatic heterocycles. The average molecular weight is 232 g/mol. The predicted molar refractivity (Wildman–Crippen MR) is 68.8 cm³/mol. The second kappa shape index (κ2) is 5.28. The summed E-state index contributed by atoms with van der Waals surface area (Å²) in [5, 5.41) is 14.2. The first kappa shape index (κ1) is 11.4. The van der Waals surface area contributed by atoms with E-state index in [1.54, 1.807) is 11.3 Å². The van der Waals surface area contributed by atoms with E-state index >= 15 is 0 Å². The van der Waals surface area contributed by atoms with E-state index in [1.165, 1.54) is 5.56 Å². The molecule has 1 heterocycles. The Labute approximate surface area is 100 Å². The summed E-state index contributed by atoms with van der Waals surface area (Å²) >= 11 is 1.62. The van der Waals surface area contributed by atoms with E-state index in [1.807, 2.05) is 29.0 Å². The van der Waals surface area contributed by atoms with Crippen LogP contribution in [0, 0.1) is 0 Å². The van der Waals surface area contributed by atoms with Crippen molar-refractivity contribution >= 4 is 11.3 Å². The minimum absolute atomic E-state index is 0.483. The van der Waals surface area contributed by atoms with Crippen molar-refractivity contribution in [1.29, 1.82) is 0 Å². The minimum atomic E-state index is -0.483. The van der Waals surface area contributed by atoms with Crippen molar-refractivity contribution in [2.45, 2.75) is 25.9 Å². The molecule has 0 saturated heterocycles. The number of aryl methyl sites for hydroxylation is 1. The van der Waals surface area contributed by atoms with Crippen LogP contribution in [-0.4, -0.2) is 5.11 Å². The number of aliphatic hydroxyl groups is 1. The molecule has 0 spiro atoms. The van der Waals surface area contributed by atoms with Gasteiger partial charge in [-0.05, 0) is 39.9 Å². The summed E-state index contributed by atoms with van der Waals surface area (Å²) in [7, 11) is 0. The second-order valence-electron chi connectivity index (χ2n) is 3.95. The summed E-state index contributed by atoms with van der Waals surface area (Å²) in [6.45, 7) is 2.17. The van der Waals surface area contributed by atoms with Crippen molar-refractivity contribution < 1.29 is 5.11 Å². The van der Waals surface area contributed by atoms with Gasteiger partial charge in [0, 0.05) is 0 Å². The Morgan fingerprint density at radius 1 is 1.25 bits per heavy atom. The molecule has 0 fully saturated rings. The third-order valence-corrected chi connectivity index (χ3v) is 3.37. The quantitative estimate of drug-likeness (QED) is 0.850. The van der Waals surface area contributed by atoms with Gasteiger partial charge in [-0.1, -0.05) is 37.6 Å². The zero-order valence-corrected chi connectivity index (χ0v) is 10.2. The highest BCUT2D eigenvalue weighted by molar-refractivity contribution is 7.07. The van der Waals surface area contributed by atoms with Gasteiger partial charge >= 0.3 is 0 Å². The van der Waals surface area contributed by atoms with Gasteiger partial charge in [-0.3, -0.25) is 0 Å². The summed E-state index contributed by atoms with van der Waals surface area (Å²) < 4.78 is 0. The molecule has 0 saturated carbocycles. The standard InChI is InChI=1S/C14H16OS/c1-2-4-11-5-3-6-12(9-11)14(15)13-7-8-16-10-13/h3,5-10,14-15H,2,4H2,1H3. The number of hydrogen-bond acceptors (Lipinski definition) is 2. The Hall–Kier alpha value is -1.12. The molecule has 1 N–H and O–H groups in total. The van der Waals surface area contributed by atoms with E-state index in [-0.39, 0.29) is 0 Å². The molecule has 1 atom stereocenters. The van der Waals surface area contributed by atoms with Gasteiger partial charge in [0.05, 0.1) is 0 Å². The fourth-order valence-electron chi connectivity index (χ4n) is 1.83. The number of rotatable bonds is 4. The molecular weight excluding hydrogens is 216 g/mol. The van der Waals surface area contributed by atoms with Gasteiger partial charge in [0.2, 0.25) is 0 Å². The van der Waals surface area contributed by atoms with Crippen LogP contribution in [-0.2, 0) is 6.42 Å². The van der Waals surface area contributed by atoms with E-state index in [4.69, 9.17) is 0 Å². The largest absolute Gasteiger partial charge is 0.384 e. The van der Waals surface area contributed by atoms with Gasteiger partial charge in [-0.25, -0.2) is 0 Å². The number of benzene rings is 1. The topological polar surface area (TPSA) is 20.2 Å². The molecule has 0 aliphatic heterocycles. The van der Waals surface area contributed by atoms with Crippen molar-refractivity contribution in [2.24, 2.45) is 0 Å². The molecule has 1 nitrogen and oxygen atoms in total. The molecule has 0 aliphatic carbocycles. The van der Waals surface area contributed by atoms with Gasteiger partial charge < -0.3 is 5.11 Å². The predicted octanol–water partition coefficient (Wildman–Crippen LogP) is 3.78. The summed E-state index contributed by atoms with van der Waals surface area (Å²) in [5.41, 5.74) is 3.28. The number of hydrogen-bond donors (Lipinski definition) is 1. The van der Waals surface area contributed by atoms with Gasteiger partial charge in [0.25, 0.3) is 0 Å². The molecule has 1 aromatic carbocycles. The van der Waals surface area contributed by atoms with E-state index in [9.17, 15) is 5.11 Å². The zero-order valence-electron chi connectivity index (χ0n) is 9.39. The van der Waals surface area contributed by atoms with Crippen LogP contribution in [0.3, 0.4) is 0 Å². The molecule has 0 radical (unpaired) electrons. The molecule has 0 aliphatic rings. The SMILES string of the molecule is CCCc1cccc(C(O)c2ccsc2)c1. The lowest BCUT2D eigenvalue weighted by Crippen LogP contribution is -1.98. The van der Waals surface area contributed by atoms with Crippen LogP contribution in [0.4, 0.5) is 0 Å². The van der Waals surface area contributed by atoms with E-state index in [0.717, 1.165) is 24.0 Å². The van der Waals surface area contributed by atoms with E-state index < -0.39 is 6.10 Å². The maximum Gasteiger partial charge on any atom is 0.105 e. The van der Waals surface area contributed by atoms with Crippen LogP contribution >= 0.6 is 11.3 Å². The summed E-state index contributed by atoms with van der Waals surface area (Å²) in [5.74, 6) is 0. The fraction of sp³-hybridized carbons (Fsp3) is 0.286. The van der Waals surface area contributed by atoms with Gasteiger partial charge in [0.15, 0.2) is 0 Å². The normalized spacial score (nSPS) is 12.6. The van der Waals surface area contributed by atoms with Gasteiger partial charge in [0.1, 0.15) is 6.10 Å². The molecule has 16 heavy (non-hydrogen) atoms. The van der Waals surface area contributed by atoms with Crippen LogP contribution in [0.2, 0.25) is 0 Å². The maximum absolute atomic E-state index is 10.2. The minimum Gasteiger partial charge on any atom is -0.384 e. The first-order valence-corrected chi connectivity index (χ1v) is 6.54. The third-order valence-electron chi connectivity index (χ3n) is 2.66. The molecule has 0 amide bonds. The Morgan fingerprint density at radius 2 is 2.12 bits per heavy atom. The third kappa shape index (κ3) is 2.52. The lowest BCUT2D eigenvalue weighted by atomic mass is 10.0. The summed E-state index contributed by atoms with van der Waals surface area (Å²) in [6.07, 6.45) is 1.73. The van der Waals surface area contributed by atoms with Gasteiger partial charge in [-0.15, -0.1) is 0 Å². The lowest BCUT2D eigenvalue weighted by molar-refractivity contribution is 0.220. The highest BCUT2D eigenvalue weighted by atomic mass is 32.1. The van der Waals surface area contributed by atoms with Crippen molar-refractivity contribution in [3.63, 3.8) is 0 Å². The summed E-state index contributed by atoms with van der Waals surface area (Å²) in [4.78, 5) is 0. The molecular formula is C14H16OS. The molecule has 84 valence electrons. The Morgan fingerprint density at radius 3 is 2.81 bits per heavy atom. The monoisotopic (exact) mass is 232 g/mol. The highest BCUT2D eigenvalue weighted by Crippen LogP contribution is 2.24. The summed E-state index contributed by atoms with van der Waals surface area (Å²) in [6, 6.07) is 10.2. The van der Waals surface area contributed by atoms with Crippen LogP contribution in [0.15, 0.2) is 41.1 Å². The molecule has 2 heteroatoms. The van der Waals surface area contributed by atoms with Gasteiger partial charge in [-0.2, -0.15) is 11.3 Å². The molecule has 0 bridgehead atoms. The average Bonchev–Trinajstić information content (AvgIpc) is 2.82. The molecule has 2 rings (SSSR count). The first-order valence-electron chi connectivity index (χ1n) is 5.60. The molecule has 2 aromatic rings. The lowest BCUT2D eigenvalue weighted by Gasteiger charge is -2.10. The van der Waals surface area contributed by atoms with Crippen LogP contribution in [0.5, 0.6) is 0 Å². The first-order chi connectivity index (χ1) is 7.81. The Bertz CT molecular complexity index is 434. The van der Waals surface area contributed by atoms with Crippen LogP contribution in [0.25, 0.3) is 0 Å². The van der Waals surface area contributed by atoms with E-state index in [2.05, 4.69) is 19.1 Å². The van der Waals surface area contributed by atoms with Crippen molar-refractivity contribution in [1.82, 2.24) is 0 Å². The van der Waals surface area contributed by atoms with Crippen molar-refractivity contribution in [3.05, 3.63) is 57.8 Å². The smallest absolute Gasteiger partial charge is 0.105 e. The number of aliphatic hydroxyl groups excluding tert-OH is 1. The molecule has 1 unspecified atom stereocenters. The van der Waals surface area contributed by atoms with Crippen LogP contribution < -0.4 is 0 Å². The fourth-order valence-corrected chi connectivity index (χ4v) is 2.51.